The summed E-state index contributed by atoms with van der Waals surface area (Å²) in [5.74, 6) is -1.33. The molecule has 0 bridgehead atoms. The molecule has 2 fully saturated rings. The molecule has 144 valence electrons. The third-order valence-corrected chi connectivity index (χ3v) is 4.91. The first kappa shape index (κ1) is 18.9. The quantitative estimate of drug-likeness (QED) is 0.719. The second-order valence-electron chi connectivity index (χ2n) is 6.97. The summed E-state index contributed by atoms with van der Waals surface area (Å²) in [5, 5.41) is 2.79. The van der Waals surface area contributed by atoms with Gasteiger partial charge in [0.15, 0.2) is 6.61 Å². The topological polar surface area (TPSA) is 119 Å². The predicted octanol–water partition coefficient (Wildman–Crippen LogP) is 0.916. The largest absolute Gasteiger partial charge is 0.452 e. The molecule has 8 nitrogen and oxygen atoms in total. The number of carbonyl (C=O) groups is 4. The molecule has 0 atom stereocenters. The van der Waals surface area contributed by atoms with Gasteiger partial charge in [-0.2, -0.15) is 0 Å². The summed E-state index contributed by atoms with van der Waals surface area (Å²) in [7, 11) is 0. The van der Waals surface area contributed by atoms with E-state index in [1.54, 1.807) is 29.2 Å². The summed E-state index contributed by atoms with van der Waals surface area (Å²) >= 11 is 0. The Balaban J connectivity index is 1.44. The lowest BCUT2D eigenvalue weighted by Gasteiger charge is -2.30. The van der Waals surface area contributed by atoms with E-state index in [2.05, 4.69) is 5.32 Å². The van der Waals surface area contributed by atoms with Crippen molar-refractivity contribution in [2.75, 3.05) is 25.0 Å². The van der Waals surface area contributed by atoms with Crippen LogP contribution < -0.4 is 11.1 Å². The van der Waals surface area contributed by atoms with Crippen molar-refractivity contribution in [1.29, 1.82) is 0 Å². The molecule has 1 saturated carbocycles. The number of esters is 1. The van der Waals surface area contributed by atoms with E-state index in [9.17, 15) is 19.2 Å². The molecular weight excluding hydrogens is 350 g/mol. The van der Waals surface area contributed by atoms with Crippen LogP contribution in [0.15, 0.2) is 24.3 Å². The molecule has 1 aromatic carbocycles. The summed E-state index contributed by atoms with van der Waals surface area (Å²) in [6.07, 6.45) is 2.90. The molecule has 8 heteroatoms. The molecule has 0 aromatic heterocycles. The van der Waals surface area contributed by atoms with Gasteiger partial charge in [0.05, 0.1) is 5.56 Å². The second-order valence-corrected chi connectivity index (χ2v) is 6.97. The first-order valence-corrected chi connectivity index (χ1v) is 9.09. The Morgan fingerprint density at radius 2 is 1.63 bits per heavy atom. The minimum Gasteiger partial charge on any atom is -0.452 e. The minimum absolute atomic E-state index is 0.00368. The van der Waals surface area contributed by atoms with Crippen molar-refractivity contribution in [2.24, 2.45) is 17.6 Å². The minimum atomic E-state index is -0.601. The van der Waals surface area contributed by atoms with Crippen molar-refractivity contribution >= 4 is 29.4 Å². The van der Waals surface area contributed by atoms with Crippen molar-refractivity contribution in [2.45, 2.75) is 25.7 Å². The highest BCUT2D eigenvalue weighted by molar-refractivity contribution is 5.95. The number of anilines is 1. The lowest BCUT2D eigenvalue weighted by molar-refractivity contribution is -0.137. The van der Waals surface area contributed by atoms with Crippen LogP contribution >= 0.6 is 0 Å². The second kappa shape index (κ2) is 8.20. The van der Waals surface area contributed by atoms with E-state index in [1.807, 2.05) is 0 Å². The number of benzene rings is 1. The number of carbonyl (C=O) groups excluding carboxylic acids is 4. The summed E-state index contributed by atoms with van der Waals surface area (Å²) in [6, 6.07) is 6.36. The SMILES string of the molecule is NC(=O)C1CCN(C(=O)COC(=O)c2ccc(NC(=O)C3CC3)cc2)CC1. The summed E-state index contributed by atoms with van der Waals surface area (Å²) in [5.41, 5.74) is 6.20. The molecule has 1 aromatic rings. The van der Waals surface area contributed by atoms with Gasteiger partial charge >= 0.3 is 5.97 Å². The van der Waals surface area contributed by atoms with Crippen molar-refractivity contribution in [1.82, 2.24) is 4.90 Å². The Bertz CT molecular complexity index is 734. The van der Waals surface area contributed by atoms with Gasteiger partial charge in [-0.25, -0.2) is 4.79 Å². The standard InChI is InChI=1S/C19H23N3O5/c20-17(24)12-7-9-22(10-8-12)16(23)11-27-19(26)14-3-5-15(6-4-14)21-18(25)13-1-2-13/h3-6,12-13H,1-2,7-11H2,(H2,20,24)(H,21,25). The number of hydrogen-bond acceptors (Lipinski definition) is 5. The van der Waals surface area contributed by atoms with Gasteiger partial charge < -0.3 is 20.7 Å². The van der Waals surface area contributed by atoms with Gasteiger partial charge in [0.2, 0.25) is 11.8 Å². The van der Waals surface area contributed by atoms with Crippen LogP contribution in [0, 0.1) is 11.8 Å². The van der Waals surface area contributed by atoms with Gasteiger partial charge in [0, 0.05) is 30.6 Å². The van der Waals surface area contributed by atoms with Crippen molar-refractivity contribution in [3.8, 4) is 0 Å². The Morgan fingerprint density at radius 1 is 1.00 bits per heavy atom. The van der Waals surface area contributed by atoms with Gasteiger partial charge in [0.1, 0.15) is 0 Å². The number of piperidine rings is 1. The molecule has 2 aliphatic rings. The molecule has 3 amide bonds. The summed E-state index contributed by atoms with van der Waals surface area (Å²) in [4.78, 5) is 48.7. The molecular formula is C19H23N3O5. The van der Waals surface area contributed by atoms with E-state index < -0.39 is 5.97 Å². The Hall–Kier alpha value is -2.90. The van der Waals surface area contributed by atoms with Gasteiger partial charge in [-0.1, -0.05) is 0 Å². The summed E-state index contributed by atoms with van der Waals surface area (Å²) in [6.45, 7) is 0.513. The fourth-order valence-electron chi connectivity index (χ4n) is 2.99. The molecule has 0 unspecified atom stereocenters. The average Bonchev–Trinajstić information content (AvgIpc) is 3.52. The van der Waals surface area contributed by atoms with Crippen LogP contribution in [0.25, 0.3) is 0 Å². The molecule has 1 saturated heterocycles. The number of nitrogens with two attached hydrogens (primary N) is 1. The van der Waals surface area contributed by atoms with Gasteiger partial charge in [-0.05, 0) is 49.9 Å². The number of ether oxygens (including phenoxy) is 1. The number of nitrogens with one attached hydrogen (secondary N) is 1. The number of nitrogens with zero attached hydrogens (tertiary/aromatic N) is 1. The number of amides is 3. The van der Waals surface area contributed by atoms with E-state index in [4.69, 9.17) is 10.5 Å². The van der Waals surface area contributed by atoms with Gasteiger partial charge in [0.25, 0.3) is 5.91 Å². The third-order valence-electron chi connectivity index (χ3n) is 4.91. The maximum atomic E-state index is 12.1. The smallest absolute Gasteiger partial charge is 0.338 e. The van der Waals surface area contributed by atoms with Gasteiger partial charge in [-0.3, -0.25) is 14.4 Å². The predicted molar refractivity (Wildman–Crippen MR) is 96.6 cm³/mol. The van der Waals surface area contributed by atoms with Crippen LogP contribution in [-0.4, -0.2) is 48.3 Å². The number of hydrogen-bond donors (Lipinski definition) is 2. The van der Waals surface area contributed by atoms with Crippen molar-refractivity contribution in [3.05, 3.63) is 29.8 Å². The summed E-state index contributed by atoms with van der Waals surface area (Å²) < 4.78 is 5.08. The first-order chi connectivity index (χ1) is 12.9. The average molecular weight is 373 g/mol. The fourth-order valence-corrected chi connectivity index (χ4v) is 2.99. The lowest BCUT2D eigenvalue weighted by atomic mass is 9.96. The molecule has 0 radical (unpaired) electrons. The highest BCUT2D eigenvalue weighted by atomic mass is 16.5. The molecule has 3 N–H and O–H groups in total. The zero-order valence-corrected chi connectivity index (χ0v) is 15.0. The molecule has 1 heterocycles. The molecule has 1 aliphatic heterocycles. The number of rotatable bonds is 6. The Morgan fingerprint density at radius 3 is 2.19 bits per heavy atom. The van der Waals surface area contributed by atoms with E-state index in [-0.39, 0.29) is 36.2 Å². The molecule has 27 heavy (non-hydrogen) atoms. The maximum absolute atomic E-state index is 12.1. The maximum Gasteiger partial charge on any atom is 0.338 e. The zero-order valence-electron chi connectivity index (χ0n) is 15.0. The van der Waals surface area contributed by atoms with Crippen LogP contribution in [-0.2, 0) is 19.1 Å². The highest BCUT2D eigenvalue weighted by Crippen LogP contribution is 2.30. The van der Waals surface area contributed by atoms with Crippen LogP contribution in [0.2, 0.25) is 0 Å². The molecule has 3 rings (SSSR count). The van der Waals surface area contributed by atoms with E-state index in [1.165, 1.54) is 0 Å². The fraction of sp³-hybridized carbons (Fsp3) is 0.474. The van der Waals surface area contributed by atoms with E-state index in [0.29, 0.717) is 37.2 Å². The monoisotopic (exact) mass is 373 g/mol. The van der Waals surface area contributed by atoms with Crippen LogP contribution in [0.3, 0.4) is 0 Å². The highest BCUT2D eigenvalue weighted by Gasteiger charge is 2.29. The van der Waals surface area contributed by atoms with Crippen LogP contribution in [0.1, 0.15) is 36.0 Å². The Kier molecular flexibility index (Phi) is 5.73. The molecule has 1 aliphatic carbocycles. The van der Waals surface area contributed by atoms with E-state index >= 15 is 0 Å². The number of likely N-dealkylation sites (tertiary alicyclic amines) is 1. The van der Waals surface area contributed by atoms with E-state index in [0.717, 1.165) is 12.8 Å². The van der Waals surface area contributed by atoms with Crippen molar-refractivity contribution < 1.29 is 23.9 Å². The number of primary amides is 1. The third kappa shape index (κ3) is 5.06. The van der Waals surface area contributed by atoms with Crippen molar-refractivity contribution in [3.63, 3.8) is 0 Å². The first-order valence-electron chi connectivity index (χ1n) is 9.09. The molecule has 0 spiro atoms. The van der Waals surface area contributed by atoms with Crippen LogP contribution in [0.5, 0.6) is 0 Å². The van der Waals surface area contributed by atoms with Crippen LogP contribution in [0.4, 0.5) is 5.69 Å². The Labute approximate surface area is 157 Å². The van der Waals surface area contributed by atoms with Gasteiger partial charge in [-0.15, -0.1) is 0 Å². The zero-order chi connectivity index (χ0) is 19.4. The normalized spacial score (nSPS) is 17.3. The lowest BCUT2D eigenvalue weighted by Crippen LogP contribution is -2.43.